The highest BCUT2D eigenvalue weighted by atomic mass is 32.1. The second-order valence-electron chi connectivity index (χ2n) is 8.01. The Kier molecular flexibility index (Phi) is 5.98. The molecule has 1 unspecified atom stereocenters. The molecule has 7 heteroatoms. The number of benzene rings is 1. The van der Waals surface area contributed by atoms with Crippen molar-refractivity contribution in [3.8, 4) is 5.75 Å². The van der Waals surface area contributed by atoms with Crippen LogP contribution in [0.3, 0.4) is 0 Å². The summed E-state index contributed by atoms with van der Waals surface area (Å²) < 4.78 is 10.8. The second-order valence-corrected chi connectivity index (χ2v) is 9.09. The number of carbonyl (C=O) groups is 1. The number of fused-ring (bicyclic) bond motifs is 1. The van der Waals surface area contributed by atoms with Crippen molar-refractivity contribution in [2.75, 3.05) is 25.9 Å². The van der Waals surface area contributed by atoms with Gasteiger partial charge < -0.3 is 20.9 Å². The number of rotatable bonds is 5. The molecule has 0 fully saturated rings. The van der Waals surface area contributed by atoms with E-state index in [4.69, 9.17) is 20.9 Å². The molecule has 0 saturated heterocycles. The molecule has 3 rings (SSSR count). The Balaban J connectivity index is 1.85. The van der Waals surface area contributed by atoms with Crippen LogP contribution in [0.5, 0.6) is 5.75 Å². The highest BCUT2D eigenvalue weighted by Crippen LogP contribution is 2.41. The van der Waals surface area contributed by atoms with Crippen molar-refractivity contribution < 1.29 is 14.3 Å². The molecule has 1 aromatic heterocycles. The lowest BCUT2D eigenvalue weighted by molar-refractivity contribution is 0.00692. The summed E-state index contributed by atoms with van der Waals surface area (Å²) in [6.07, 6.45) is 0.754. The molecule has 0 spiro atoms. The van der Waals surface area contributed by atoms with Gasteiger partial charge >= 0.3 is 5.97 Å². The number of nitrogen functional groups attached to an aromatic ring is 1. The molecule has 1 aromatic carbocycles. The van der Waals surface area contributed by atoms with E-state index in [0.717, 1.165) is 35.7 Å². The van der Waals surface area contributed by atoms with Crippen LogP contribution in [0.25, 0.3) is 0 Å². The third-order valence-corrected chi connectivity index (χ3v) is 5.99. The third kappa shape index (κ3) is 4.32. The standard InChI is InChI=1S/C21H29N3O3S/c1-21(2,3)27-20(25)17-15-9-10-24(16(11-22)18(15)28-19(17)23)12-13-5-7-14(26-4)8-6-13/h5-8,16H,9-12,22-23H2,1-4H3. The van der Waals surface area contributed by atoms with Gasteiger partial charge in [-0.3, -0.25) is 4.90 Å². The van der Waals surface area contributed by atoms with E-state index < -0.39 is 5.60 Å². The van der Waals surface area contributed by atoms with Crippen molar-refractivity contribution in [2.45, 2.75) is 45.4 Å². The number of thiophene rings is 1. The quantitative estimate of drug-likeness (QED) is 0.744. The fraction of sp³-hybridized carbons (Fsp3) is 0.476. The normalized spacial score (nSPS) is 17.2. The first-order valence-electron chi connectivity index (χ1n) is 9.45. The summed E-state index contributed by atoms with van der Waals surface area (Å²) >= 11 is 1.46. The molecule has 2 heterocycles. The Bertz CT molecular complexity index is 840. The van der Waals surface area contributed by atoms with Gasteiger partial charge in [-0.15, -0.1) is 11.3 Å². The summed E-state index contributed by atoms with van der Waals surface area (Å²) in [5.41, 5.74) is 14.5. The zero-order valence-electron chi connectivity index (χ0n) is 17.0. The van der Waals surface area contributed by atoms with Crippen molar-refractivity contribution in [2.24, 2.45) is 5.73 Å². The van der Waals surface area contributed by atoms with E-state index in [-0.39, 0.29) is 12.0 Å². The molecule has 1 atom stereocenters. The van der Waals surface area contributed by atoms with Gasteiger partial charge in [0, 0.05) is 24.5 Å². The molecule has 0 amide bonds. The molecule has 2 aromatic rings. The summed E-state index contributed by atoms with van der Waals surface area (Å²) in [5, 5.41) is 0.518. The van der Waals surface area contributed by atoms with Crippen LogP contribution < -0.4 is 16.2 Å². The Labute approximate surface area is 170 Å². The minimum Gasteiger partial charge on any atom is -0.497 e. The summed E-state index contributed by atoms with van der Waals surface area (Å²) in [7, 11) is 1.66. The van der Waals surface area contributed by atoms with E-state index in [1.165, 1.54) is 16.9 Å². The van der Waals surface area contributed by atoms with E-state index in [1.54, 1.807) is 7.11 Å². The minimum atomic E-state index is -0.555. The largest absolute Gasteiger partial charge is 0.497 e. The van der Waals surface area contributed by atoms with Crippen molar-refractivity contribution in [3.63, 3.8) is 0 Å². The van der Waals surface area contributed by atoms with Gasteiger partial charge in [-0.2, -0.15) is 0 Å². The van der Waals surface area contributed by atoms with Gasteiger partial charge in [0.15, 0.2) is 0 Å². The first-order valence-corrected chi connectivity index (χ1v) is 10.3. The van der Waals surface area contributed by atoms with Crippen molar-refractivity contribution in [1.82, 2.24) is 4.90 Å². The lowest BCUT2D eigenvalue weighted by Gasteiger charge is -2.35. The molecule has 0 saturated carbocycles. The van der Waals surface area contributed by atoms with E-state index in [0.29, 0.717) is 17.1 Å². The van der Waals surface area contributed by atoms with E-state index in [2.05, 4.69) is 17.0 Å². The molecule has 1 aliphatic heterocycles. The Morgan fingerprint density at radius 2 is 1.96 bits per heavy atom. The fourth-order valence-electron chi connectivity index (χ4n) is 3.56. The van der Waals surface area contributed by atoms with Crippen molar-refractivity contribution in [3.05, 3.63) is 45.8 Å². The van der Waals surface area contributed by atoms with Gasteiger partial charge in [-0.25, -0.2) is 4.79 Å². The number of anilines is 1. The third-order valence-electron chi connectivity index (χ3n) is 4.83. The Morgan fingerprint density at radius 3 is 2.54 bits per heavy atom. The van der Waals surface area contributed by atoms with Crippen molar-refractivity contribution in [1.29, 1.82) is 0 Å². The van der Waals surface area contributed by atoms with Gasteiger partial charge in [0.2, 0.25) is 0 Å². The molecule has 4 N–H and O–H groups in total. The van der Waals surface area contributed by atoms with Gasteiger partial charge in [0.1, 0.15) is 16.4 Å². The first-order chi connectivity index (χ1) is 13.2. The monoisotopic (exact) mass is 403 g/mol. The van der Waals surface area contributed by atoms with Crippen LogP contribution in [0.1, 0.15) is 53.2 Å². The molecule has 0 bridgehead atoms. The number of esters is 1. The molecular weight excluding hydrogens is 374 g/mol. The number of hydrogen-bond donors (Lipinski definition) is 2. The van der Waals surface area contributed by atoms with Gasteiger partial charge in [0.05, 0.1) is 18.7 Å². The number of hydrogen-bond acceptors (Lipinski definition) is 7. The Morgan fingerprint density at radius 1 is 1.29 bits per heavy atom. The summed E-state index contributed by atoms with van der Waals surface area (Å²) in [6, 6.07) is 8.10. The van der Waals surface area contributed by atoms with Crippen LogP contribution in [0, 0.1) is 0 Å². The lowest BCUT2D eigenvalue weighted by Crippen LogP contribution is -2.38. The van der Waals surface area contributed by atoms with Crippen LogP contribution in [-0.2, 0) is 17.7 Å². The van der Waals surface area contributed by atoms with E-state index >= 15 is 0 Å². The Hall–Kier alpha value is -2.09. The van der Waals surface area contributed by atoms with Crippen LogP contribution in [0.2, 0.25) is 0 Å². The average molecular weight is 404 g/mol. The number of nitrogens with two attached hydrogens (primary N) is 2. The molecule has 0 aliphatic carbocycles. The number of carbonyl (C=O) groups excluding carboxylic acids is 1. The molecular formula is C21H29N3O3S. The molecule has 28 heavy (non-hydrogen) atoms. The maximum absolute atomic E-state index is 12.7. The zero-order chi connectivity index (χ0) is 20.5. The second kappa shape index (κ2) is 8.11. The predicted octanol–water partition coefficient (Wildman–Crippen LogP) is 3.35. The van der Waals surface area contributed by atoms with Crippen LogP contribution in [0.15, 0.2) is 24.3 Å². The van der Waals surface area contributed by atoms with Crippen LogP contribution in [0.4, 0.5) is 5.00 Å². The van der Waals surface area contributed by atoms with Gasteiger partial charge in [-0.1, -0.05) is 12.1 Å². The summed E-state index contributed by atoms with van der Waals surface area (Å²) in [5.74, 6) is 0.495. The van der Waals surface area contributed by atoms with E-state index in [9.17, 15) is 4.79 Å². The van der Waals surface area contributed by atoms with Crippen LogP contribution >= 0.6 is 11.3 Å². The average Bonchev–Trinajstić information content (AvgIpc) is 2.96. The van der Waals surface area contributed by atoms with Crippen LogP contribution in [-0.4, -0.2) is 36.7 Å². The number of methoxy groups -OCH3 is 1. The number of ether oxygens (including phenoxy) is 2. The maximum Gasteiger partial charge on any atom is 0.341 e. The smallest absolute Gasteiger partial charge is 0.341 e. The highest BCUT2D eigenvalue weighted by molar-refractivity contribution is 7.16. The lowest BCUT2D eigenvalue weighted by atomic mass is 9.96. The van der Waals surface area contributed by atoms with Gasteiger partial charge in [0.25, 0.3) is 0 Å². The SMILES string of the molecule is COc1ccc(CN2CCc3c(sc(N)c3C(=O)OC(C)(C)C)C2CN)cc1. The summed E-state index contributed by atoms with van der Waals surface area (Å²) in [4.78, 5) is 16.1. The predicted molar refractivity (Wildman–Crippen MR) is 113 cm³/mol. The molecule has 6 nitrogen and oxygen atoms in total. The first kappa shape index (κ1) is 20.6. The fourth-order valence-corrected chi connectivity index (χ4v) is 4.82. The molecule has 0 radical (unpaired) electrons. The van der Waals surface area contributed by atoms with Gasteiger partial charge in [-0.05, 0) is 50.5 Å². The highest BCUT2D eigenvalue weighted by Gasteiger charge is 2.34. The summed E-state index contributed by atoms with van der Waals surface area (Å²) in [6.45, 7) is 7.65. The number of nitrogens with zero attached hydrogens (tertiary/aromatic N) is 1. The topological polar surface area (TPSA) is 90.8 Å². The maximum atomic E-state index is 12.7. The zero-order valence-corrected chi connectivity index (χ0v) is 17.8. The minimum absolute atomic E-state index is 0.0364. The molecule has 1 aliphatic rings. The van der Waals surface area contributed by atoms with E-state index in [1.807, 2.05) is 32.9 Å². The molecule has 152 valence electrons. The van der Waals surface area contributed by atoms with Crippen molar-refractivity contribution >= 4 is 22.3 Å².